The van der Waals surface area contributed by atoms with Gasteiger partial charge in [-0.3, -0.25) is 4.79 Å². The third kappa shape index (κ3) is 4.23. The Bertz CT molecular complexity index is 761. The summed E-state index contributed by atoms with van der Waals surface area (Å²) in [5.41, 5.74) is -1.04. The molecule has 2 heterocycles. The van der Waals surface area contributed by atoms with Crippen molar-refractivity contribution in [2.45, 2.75) is 45.8 Å². The molecule has 0 bridgehead atoms. The van der Waals surface area contributed by atoms with Gasteiger partial charge in [0.2, 0.25) is 0 Å². The van der Waals surface area contributed by atoms with Crippen LogP contribution < -0.4 is 4.73 Å². The van der Waals surface area contributed by atoms with E-state index < -0.39 is 17.2 Å². The van der Waals surface area contributed by atoms with Gasteiger partial charge >= 0.3 is 6.09 Å². The molecule has 0 unspecified atom stereocenters. The molecule has 0 N–H and O–H groups in total. The summed E-state index contributed by atoms with van der Waals surface area (Å²) in [6, 6.07) is 3.24. The molecule has 0 aliphatic carbocycles. The van der Waals surface area contributed by atoms with E-state index in [9.17, 15) is 20.1 Å². The van der Waals surface area contributed by atoms with E-state index in [0.29, 0.717) is 24.4 Å². The SMILES string of the molecule is CC(C)(C)OC(=O)N1CCN(C(=O)c2cc[n+]([O-])cc2C#N)C(C)(C)C1. The number of hydrogen-bond acceptors (Lipinski definition) is 5. The highest BCUT2D eigenvalue weighted by atomic mass is 16.6. The van der Waals surface area contributed by atoms with E-state index in [1.165, 1.54) is 12.3 Å². The third-order valence-electron chi connectivity index (χ3n) is 4.08. The van der Waals surface area contributed by atoms with Crippen molar-refractivity contribution in [1.82, 2.24) is 9.80 Å². The molecule has 1 aromatic rings. The zero-order valence-corrected chi connectivity index (χ0v) is 15.8. The van der Waals surface area contributed by atoms with Gasteiger partial charge in [-0.25, -0.2) is 4.79 Å². The Morgan fingerprint density at radius 3 is 2.54 bits per heavy atom. The van der Waals surface area contributed by atoms with Gasteiger partial charge in [0.25, 0.3) is 5.91 Å². The van der Waals surface area contributed by atoms with Crippen molar-refractivity contribution in [3.05, 3.63) is 34.8 Å². The average molecular weight is 360 g/mol. The Labute approximate surface area is 153 Å². The average Bonchev–Trinajstić information content (AvgIpc) is 2.51. The van der Waals surface area contributed by atoms with Gasteiger partial charge in [0.15, 0.2) is 12.4 Å². The maximum Gasteiger partial charge on any atom is 0.410 e. The minimum atomic E-state index is -0.651. The maximum atomic E-state index is 12.9. The summed E-state index contributed by atoms with van der Waals surface area (Å²) in [6.07, 6.45) is 1.86. The number of amides is 2. The molecule has 0 saturated carbocycles. The second-order valence-corrected chi connectivity index (χ2v) is 7.92. The number of piperazine rings is 1. The first-order valence-electron chi connectivity index (χ1n) is 8.37. The van der Waals surface area contributed by atoms with Crippen molar-refractivity contribution in [1.29, 1.82) is 5.26 Å². The van der Waals surface area contributed by atoms with Crippen LogP contribution >= 0.6 is 0 Å². The van der Waals surface area contributed by atoms with Gasteiger partial charge in [-0.05, 0) is 34.6 Å². The molecule has 140 valence electrons. The largest absolute Gasteiger partial charge is 0.619 e. The lowest BCUT2D eigenvalue weighted by Gasteiger charge is -2.47. The molecule has 8 heteroatoms. The Hall–Kier alpha value is -2.82. The first kappa shape index (κ1) is 19.5. The first-order chi connectivity index (χ1) is 11.9. The topological polar surface area (TPSA) is 101 Å². The molecule has 0 spiro atoms. The molecule has 8 nitrogen and oxygen atoms in total. The van der Waals surface area contributed by atoms with Crippen molar-refractivity contribution < 1.29 is 19.1 Å². The Balaban J connectivity index is 2.20. The lowest BCUT2D eigenvalue weighted by atomic mass is 9.97. The minimum absolute atomic E-state index is 0.0258. The fourth-order valence-electron chi connectivity index (χ4n) is 2.91. The van der Waals surface area contributed by atoms with Crippen LogP contribution in [0.1, 0.15) is 50.5 Å². The summed E-state index contributed by atoms with van der Waals surface area (Å²) in [7, 11) is 0. The summed E-state index contributed by atoms with van der Waals surface area (Å²) in [5.74, 6) is -0.337. The van der Waals surface area contributed by atoms with Crippen LogP contribution in [-0.4, -0.2) is 52.6 Å². The molecule has 1 saturated heterocycles. The second kappa shape index (κ2) is 6.83. The van der Waals surface area contributed by atoms with Crippen LogP contribution in [0.4, 0.5) is 4.79 Å². The molecular formula is C18H24N4O4. The van der Waals surface area contributed by atoms with Gasteiger partial charge in [-0.1, -0.05) is 0 Å². The molecule has 0 aromatic carbocycles. The lowest BCUT2D eigenvalue weighted by Crippen LogP contribution is -2.62. The molecule has 1 fully saturated rings. The number of nitriles is 1. The predicted molar refractivity (Wildman–Crippen MR) is 93.0 cm³/mol. The predicted octanol–water partition coefficient (Wildman–Crippen LogP) is 1.66. The molecule has 0 atom stereocenters. The smallest absolute Gasteiger partial charge is 0.410 e. The standard InChI is InChI=1S/C18H24N4O4/c1-17(2,3)26-16(24)20-8-9-22(18(4,5)12-20)15(23)14-6-7-21(25)11-13(14)10-19/h6-7,11H,8-9,12H2,1-5H3. The second-order valence-electron chi connectivity index (χ2n) is 7.92. The highest BCUT2D eigenvalue weighted by Crippen LogP contribution is 2.25. The van der Waals surface area contributed by atoms with Crippen molar-refractivity contribution in [2.75, 3.05) is 19.6 Å². The molecule has 26 heavy (non-hydrogen) atoms. The fraction of sp³-hybridized carbons (Fsp3) is 0.556. The summed E-state index contributed by atoms with van der Waals surface area (Å²) in [5, 5.41) is 20.5. The van der Waals surface area contributed by atoms with E-state index in [4.69, 9.17) is 4.74 Å². The molecule has 1 aliphatic heterocycles. The van der Waals surface area contributed by atoms with Crippen LogP contribution in [-0.2, 0) is 4.74 Å². The van der Waals surface area contributed by atoms with Crippen LogP contribution in [0, 0.1) is 16.5 Å². The van der Waals surface area contributed by atoms with E-state index in [1.54, 1.807) is 30.6 Å². The van der Waals surface area contributed by atoms with Crippen LogP contribution in [0.25, 0.3) is 0 Å². The molecule has 2 rings (SSSR count). The number of rotatable bonds is 1. The zero-order valence-electron chi connectivity index (χ0n) is 15.8. The van der Waals surface area contributed by atoms with Gasteiger partial charge in [0, 0.05) is 25.7 Å². The van der Waals surface area contributed by atoms with E-state index >= 15 is 0 Å². The van der Waals surface area contributed by atoms with Gasteiger partial charge in [0.05, 0.1) is 11.1 Å². The number of hydrogen-bond donors (Lipinski definition) is 0. The van der Waals surface area contributed by atoms with Crippen molar-refractivity contribution in [3.8, 4) is 6.07 Å². The van der Waals surface area contributed by atoms with Gasteiger partial charge in [0.1, 0.15) is 17.2 Å². The Morgan fingerprint density at radius 2 is 2.00 bits per heavy atom. The van der Waals surface area contributed by atoms with E-state index in [-0.39, 0.29) is 17.0 Å². The molecule has 2 amide bonds. The Morgan fingerprint density at radius 1 is 1.35 bits per heavy atom. The lowest BCUT2D eigenvalue weighted by molar-refractivity contribution is -0.605. The summed E-state index contributed by atoms with van der Waals surface area (Å²) in [6.45, 7) is 10.1. The van der Waals surface area contributed by atoms with E-state index in [1.807, 2.05) is 19.9 Å². The van der Waals surface area contributed by atoms with Crippen LogP contribution in [0.15, 0.2) is 18.5 Å². The number of aromatic nitrogens is 1. The van der Waals surface area contributed by atoms with Crippen molar-refractivity contribution >= 4 is 12.0 Å². The molecular weight excluding hydrogens is 336 g/mol. The van der Waals surface area contributed by atoms with Crippen molar-refractivity contribution in [3.63, 3.8) is 0 Å². The Kier molecular flexibility index (Phi) is 5.12. The van der Waals surface area contributed by atoms with E-state index in [2.05, 4.69) is 0 Å². The van der Waals surface area contributed by atoms with Crippen LogP contribution in [0.5, 0.6) is 0 Å². The quantitative estimate of drug-likeness (QED) is 0.560. The number of carbonyl (C=O) groups is 2. The fourth-order valence-corrected chi connectivity index (χ4v) is 2.91. The normalized spacial score (nSPS) is 16.8. The van der Waals surface area contributed by atoms with Crippen molar-refractivity contribution in [2.24, 2.45) is 0 Å². The monoisotopic (exact) mass is 360 g/mol. The zero-order chi connectivity index (χ0) is 19.7. The third-order valence-corrected chi connectivity index (χ3v) is 4.08. The minimum Gasteiger partial charge on any atom is -0.619 e. The van der Waals surface area contributed by atoms with Gasteiger partial charge < -0.3 is 19.7 Å². The highest BCUT2D eigenvalue weighted by Gasteiger charge is 2.40. The number of pyridine rings is 1. The number of nitrogens with zero attached hydrogens (tertiary/aromatic N) is 4. The number of carbonyl (C=O) groups excluding carboxylic acids is 2. The first-order valence-corrected chi connectivity index (χ1v) is 8.37. The van der Waals surface area contributed by atoms with Crippen LogP contribution in [0.2, 0.25) is 0 Å². The van der Waals surface area contributed by atoms with Crippen LogP contribution in [0.3, 0.4) is 0 Å². The summed E-state index contributed by atoms with van der Waals surface area (Å²) in [4.78, 5) is 28.5. The maximum absolute atomic E-state index is 12.9. The molecule has 1 aromatic heterocycles. The van der Waals surface area contributed by atoms with Gasteiger partial charge in [-0.15, -0.1) is 0 Å². The summed E-state index contributed by atoms with van der Waals surface area (Å²) < 4.78 is 5.89. The molecule has 0 radical (unpaired) electrons. The molecule has 1 aliphatic rings. The highest BCUT2D eigenvalue weighted by molar-refractivity contribution is 5.97. The van der Waals surface area contributed by atoms with E-state index in [0.717, 1.165) is 6.20 Å². The summed E-state index contributed by atoms with van der Waals surface area (Å²) >= 11 is 0. The number of ether oxygens (including phenoxy) is 1. The van der Waals surface area contributed by atoms with Gasteiger partial charge in [-0.2, -0.15) is 9.99 Å².